The lowest BCUT2D eigenvalue weighted by Crippen LogP contribution is -2.45. The number of esters is 1. The van der Waals surface area contributed by atoms with Crippen molar-refractivity contribution in [1.82, 2.24) is 5.32 Å². The minimum Gasteiger partial charge on any atom is -0.466 e. The van der Waals surface area contributed by atoms with Crippen molar-refractivity contribution < 1.29 is 24.5 Å². The normalized spacial score (nSPS) is 12.6. The molecule has 0 aromatic rings. The van der Waals surface area contributed by atoms with Crippen LogP contribution >= 0.6 is 0 Å². The van der Waals surface area contributed by atoms with Gasteiger partial charge in [-0.2, -0.15) is 0 Å². The SMILES string of the molecule is CCCCCCCC/C=C\CCCCCCCCCCCC(=O)OCCCCCCCCCCCCCCCCCCCC(=O)NC(CO)C(O)/C=C/CCCCCCCCCCCCCCCCCCCCC. The molecule has 1 amide bonds. The Balaban J connectivity index is 3.42. The highest BCUT2D eigenvalue weighted by molar-refractivity contribution is 5.76. The molecule has 3 N–H and O–H groups in total. The standard InChI is InChI=1S/C68H131NO5/c1-3-5-7-9-11-13-15-17-19-21-23-24-26-28-32-36-40-44-48-52-56-60-66(71)65(64-70)69-67(72)61-57-53-49-45-41-37-33-29-27-31-35-39-43-47-51-55-59-63-74-68(73)62-58-54-50-46-42-38-34-30-25-22-20-18-16-14-12-10-8-6-4-2/h18,20,56,60,65-66,70-71H,3-17,19,21-55,57-59,61-64H2,1-2H3,(H,69,72)/b20-18-,60-56+. The third kappa shape index (κ3) is 59.6. The van der Waals surface area contributed by atoms with Crippen LogP contribution in [-0.2, 0) is 14.3 Å². The van der Waals surface area contributed by atoms with Crippen LogP contribution in [0, 0.1) is 0 Å². The van der Waals surface area contributed by atoms with E-state index >= 15 is 0 Å². The number of aliphatic hydroxyl groups is 2. The van der Waals surface area contributed by atoms with Gasteiger partial charge in [0, 0.05) is 12.8 Å². The minimum atomic E-state index is -0.849. The van der Waals surface area contributed by atoms with E-state index in [0.29, 0.717) is 19.4 Å². The molecular formula is C68H131NO5. The van der Waals surface area contributed by atoms with Gasteiger partial charge in [0.25, 0.3) is 0 Å². The average Bonchev–Trinajstić information content (AvgIpc) is 3.40. The molecule has 2 unspecified atom stereocenters. The number of hydrogen-bond donors (Lipinski definition) is 3. The van der Waals surface area contributed by atoms with Crippen LogP contribution < -0.4 is 5.32 Å². The zero-order valence-corrected chi connectivity index (χ0v) is 50.1. The lowest BCUT2D eigenvalue weighted by Gasteiger charge is -2.20. The van der Waals surface area contributed by atoms with Gasteiger partial charge >= 0.3 is 5.97 Å². The summed E-state index contributed by atoms with van der Waals surface area (Å²) in [7, 11) is 0. The lowest BCUT2D eigenvalue weighted by molar-refractivity contribution is -0.143. The zero-order valence-electron chi connectivity index (χ0n) is 50.1. The molecule has 0 aromatic carbocycles. The number of rotatable bonds is 63. The van der Waals surface area contributed by atoms with Crippen LogP contribution in [-0.4, -0.2) is 47.4 Å². The maximum Gasteiger partial charge on any atom is 0.305 e. The van der Waals surface area contributed by atoms with Crippen molar-refractivity contribution in [3.05, 3.63) is 24.3 Å². The Hall–Kier alpha value is -1.66. The largest absolute Gasteiger partial charge is 0.466 e. The summed E-state index contributed by atoms with van der Waals surface area (Å²) in [6, 6.07) is -0.633. The first-order chi connectivity index (χ1) is 36.5. The number of unbranched alkanes of at least 4 members (excludes halogenated alkanes) is 50. The Morgan fingerprint density at radius 3 is 0.959 bits per heavy atom. The van der Waals surface area contributed by atoms with Crippen LogP contribution in [0.3, 0.4) is 0 Å². The number of allylic oxidation sites excluding steroid dienone is 3. The maximum absolute atomic E-state index is 12.5. The van der Waals surface area contributed by atoms with E-state index < -0.39 is 12.1 Å². The van der Waals surface area contributed by atoms with E-state index in [1.54, 1.807) is 6.08 Å². The Bertz CT molecular complexity index is 1150. The number of aliphatic hydroxyl groups excluding tert-OH is 2. The molecule has 0 rings (SSSR count). The van der Waals surface area contributed by atoms with E-state index in [0.717, 1.165) is 44.9 Å². The fraction of sp³-hybridized carbons (Fsp3) is 0.912. The Kier molecular flexibility index (Phi) is 62.4. The van der Waals surface area contributed by atoms with E-state index in [1.807, 2.05) is 6.08 Å². The molecule has 74 heavy (non-hydrogen) atoms. The van der Waals surface area contributed by atoms with Gasteiger partial charge in [-0.1, -0.05) is 327 Å². The molecule has 0 aliphatic rings. The van der Waals surface area contributed by atoms with Crippen LogP contribution in [0.25, 0.3) is 0 Å². The second kappa shape index (κ2) is 63.9. The van der Waals surface area contributed by atoms with Gasteiger partial charge in [0.05, 0.1) is 25.4 Å². The second-order valence-corrected chi connectivity index (χ2v) is 23.2. The van der Waals surface area contributed by atoms with Crippen LogP contribution in [0.5, 0.6) is 0 Å². The highest BCUT2D eigenvalue weighted by Crippen LogP contribution is 2.18. The van der Waals surface area contributed by atoms with E-state index in [1.165, 1.54) is 302 Å². The van der Waals surface area contributed by atoms with Gasteiger partial charge in [-0.3, -0.25) is 9.59 Å². The summed E-state index contributed by atoms with van der Waals surface area (Å²) in [5.74, 6) is -0.0646. The Morgan fingerprint density at radius 2 is 0.635 bits per heavy atom. The molecule has 0 fully saturated rings. The van der Waals surface area contributed by atoms with Crippen LogP contribution in [0.4, 0.5) is 0 Å². The van der Waals surface area contributed by atoms with Gasteiger partial charge in [0.15, 0.2) is 0 Å². The number of nitrogens with one attached hydrogen (secondary N) is 1. The molecule has 0 heterocycles. The van der Waals surface area contributed by atoms with E-state index in [9.17, 15) is 19.8 Å². The van der Waals surface area contributed by atoms with Crippen LogP contribution in [0.15, 0.2) is 24.3 Å². The zero-order chi connectivity index (χ0) is 53.6. The first-order valence-corrected chi connectivity index (χ1v) is 33.6. The number of ether oxygens (including phenoxy) is 1. The van der Waals surface area contributed by atoms with E-state index in [-0.39, 0.29) is 18.5 Å². The molecule has 0 radical (unpaired) electrons. The molecule has 2 atom stereocenters. The third-order valence-corrected chi connectivity index (χ3v) is 15.7. The molecule has 0 aliphatic carbocycles. The molecule has 0 saturated carbocycles. The average molecular weight is 1040 g/mol. The fourth-order valence-electron chi connectivity index (χ4n) is 10.6. The summed E-state index contributed by atoms with van der Waals surface area (Å²) >= 11 is 0. The van der Waals surface area contributed by atoms with Crippen molar-refractivity contribution in [3.8, 4) is 0 Å². The fourth-order valence-corrected chi connectivity index (χ4v) is 10.6. The molecule has 0 spiro atoms. The summed E-state index contributed by atoms with van der Waals surface area (Å²) in [4.78, 5) is 24.6. The van der Waals surface area contributed by atoms with Crippen molar-refractivity contribution in [1.29, 1.82) is 0 Å². The Labute approximate surface area is 462 Å². The summed E-state index contributed by atoms with van der Waals surface area (Å²) in [5.41, 5.74) is 0. The number of amides is 1. The van der Waals surface area contributed by atoms with Gasteiger partial charge in [0.2, 0.25) is 5.91 Å². The predicted molar refractivity (Wildman–Crippen MR) is 324 cm³/mol. The minimum absolute atomic E-state index is 0.00497. The second-order valence-electron chi connectivity index (χ2n) is 23.2. The smallest absolute Gasteiger partial charge is 0.305 e. The lowest BCUT2D eigenvalue weighted by atomic mass is 10.0. The number of carbonyl (C=O) groups excluding carboxylic acids is 2. The molecule has 0 aliphatic heterocycles. The van der Waals surface area contributed by atoms with Crippen molar-refractivity contribution in [2.75, 3.05) is 13.2 Å². The number of carbonyl (C=O) groups is 2. The van der Waals surface area contributed by atoms with Gasteiger partial charge in [0.1, 0.15) is 0 Å². The van der Waals surface area contributed by atoms with Crippen molar-refractivity contribution >= 4 is 11.9 Å². The summed E-state index contributed by atoms with van der Waals surface area (Å²) in [5, 5.41) is 23.2. The quantitative estimate of drug-likeness (QED) is 0.0320. The maximum atomic E-state index is 12.5. The predicted octanol–water partition coefficient (Wildman–Crippen LogP) is 21.4. The molecular weight excluding hydrogens is 911 g/mol. The molecule has 438 valence electrons. The van der Waals surface area contributed by atoms with E-state index in [4.69, 9.17) is 4.74 Å². The Morgan fingerprint density at radius 1 is 0.365 bits per heavy atom. The van der Waals surface area contributed by atoms with Gasteiger partial charge in [-0.15, -0.1) is 0 Å². The highest BCUT2D eigenvalue weighted by atomic mass is 16.5. The van der Waals surface area contributed by atoms with Gasteiger partial charge in [-0.05, 0) is 57.8 Å². The monoisotopic (exact) mass is 1040 g/mol. The van der Waals surface area contributed by atoms with Crippen LogP contribution in [0.1, 0.15) is 373 Å². The van der Waals surface area contributed by atoms with Crippen molar-refractivity contribution in [3.63, 3.8) is 0 Å². The number of hydrogen-bond acceptors (Lipinski definition) is 5. The molecule has 0 aromatic heterocycles. The van der Waals surface area contributed by atoms with Gasteiger partial charge < -0.3 is 20.3 Å². The first kappa shape index (κ1) is 72.3. The van der Waals surface area contributed by atoms with E-state index in [2.05, 4.69) is 31.3 Å². The summed E-state index contributed by atoms with van der Waals surface area (Å²) in [6.45, 7) is 4.92. The summed E-state index contributed by atoms with van der Waals surface area (Å²) < 4.78 is 5.50. The summed E-state index contributed by atoms with van der Waals surface area (Å²) in [6.07, 6.45) is 79.4. The molecule has 6 heteroatoms. The van der Waals surface area contributed by atoms with Crippen molar-refractivity contribution in [2.45, 2.75) is 386 Å². The first-order valence-electron chi connectivity index (χ1n) is 33.6. The topological polar surface area (TPSA) is 95.9 Å². The third-order valence-electron chi connectivity index (χ3n) is 15.7. The van der Waals surface area contributed by atoms with Gasteiger partial charge in [-0.25, -0.2) is 0 Å². The molecule has 0 bridgehead atoms. The highest BCUT2D eigenvalue weighted by Gasteiger charge is 2.18. The van der Waals surface area contributed by atoms with Crippen molar-refractivity contribution in [2.24, 2.45) is 0 Å². The molecule has 0 saturated heterocycles. The molecule has 6 nitrogen and oxygen atoms in total. The van der Waals surface area contributed by atoms with Crippen LogP contribution in [0.2, 0.25) is 0 Å².